The molecule has 8 heteroatoms. The number of H-pyrrole nitrogens is 1. The molecule has 0 saturated carbocycles. The topological polar surface area (TPSA) is 81.4 Å². The van der Waals surface area contributed by atoms with Gasteiger partial charge in [0.15, 0.2) is 0 Å². The number of nitrogens with zero attached hydrogens (tertiary/aromatic N) is 5. The van der Waals surface area contributed by atoms with Crippen LogP contribution in [0.15, 0.2) is 89.9 Å². The molecule has 7 nitrogen and oxygen atoms in total. The van der Waals surface area contributed by atoms with E-state index in [1.807, 2.05) is 85.1 Å². The number of halogens is 1. The molecule has 0 fully saturated rings. The number of benzene rings is 3. The van der Waals surface area contributed by atoms with Gasteiger partial charge >= 0.3 is 0 Å². The highest BCUT2D eigenvalue weighted by atomic mass is 35.5. The molecule has 0 aliphatic carbocycles. The Bertz CT molecular complexity index is 1680. The van der Waals surface area contributed by atoms with Gasteiger partial charge in [0.1, 0.15) is 11.5 Å². The molecule has 0 radical (unpaired) electrons. The summed E-state index contributed by atoms with van der Waals surface area (Å²) >= 11 is 6.29. The molecule has 34 heavy (non-hydrogen) atoms. The number of hydrogen-bond acceptors (Lipinski definition) is 4. The van der Waals surface area contributed by atoms with Gasteiger partial charge < -0.3 is 9.55 Å². The summed E-state index contributed by atoms with van der Waals surface area (Å²) in [5.41, 5.74) is 4.54. The molecule has 0 saturated heterocycles. The first kappa shape index (κ1) is 20.4. The van der Waals surface area contributed by atoms with Crippen molar-refractivity contribution in [3.8, 4) is 11.4 Å². The normalized spacial score (nSPS) is 11.4. The Morgan fingerprint density at radius 2 is 1.71 bits per heavy atom. The van der Waals surface area contributed by atoms with Crippen molar-refractivity contribution < 1.29 is 0 Å². The van der Waals surface area contributed by atoms with Crippen LogP contribution in [0, 0.1) is 0 Å². The van der Waals surface area contributed by atoms with Crippen molar-refractivity contribution in [1.29, 1.82) is 0 Å². The lowest BCUT2D eigenvalue weighted by Crippen LogP contribution is -2.23. The zero-order valence-corrected chi connectivity index (χ0v) is 18.8. The van der Waals surface area contributed by atoms with E-state index in [4.69, 9.17) is 11.6 Å². The average Bonchev–Trinajstić information content (AvgIpc) is 3.49. The monoisotopic (exact) mass is 466 g/mol. The zero-order chi connectivity index (χ0) is 23.1. The van der Waals surface area contributed by atoms with E-state index in [2.05, 4.69) is 20.3 Å². The molecule has 0 aliphatic rings. The number of fused-ring (bicyclic) bond motifs is 2. The van der Waals surface area contributed by atoms with E-state index < -0.39 is 0 Å². The van der Waals surface area contributed by atoms with Crippen LogP contribution in [0.1, 0.15) is 11.3 Å². The first-order valence-corrected chi connectivity index (χ1v) is 11.2. The van der Waals surface area contributed by atoms with Gasteiger partial charge in [-0.1, -0.05) is 65.3 Å². The van der Waals surface area contributed by atoms with Crippen LogP contribution in [0.3, 0.4) is 0 Å². The van der Waals surface area contributed by atoms with Crippen LogP contribution in [0.5, 0.6) is 0 Å². The van der Waals surface area contributed by atoms with E-state index in [0.29, 0.717) is 28.6 Å². The number of aromatic nitrogens is 6. The Morgan fingerprint density at radius 3 is 2.59 bits per heavy atom. The number of aromatic amines is 1. The highest BCUT2D eigenvalue weighted by Crippen LogP contribution is 2.22. The Labute approximate surface area is 199 Å². The summed E-state index contributed by atoms with van der Waals surface area (Å²) in [6.07, 6.45) is 1.85. The van der Waals surface area contributed by atoms with Gasteiger partial charge in [0.2, 0.25) is 0 Å². The highest BCUT2D eigenvalue weighted by molar-refractivity contribution is 6.31. The largest absolute Gasteiger partial charge is 0.338 e. The summed E-state index contributed by atoms with van der Waals surface area (Å²) < 4.78 is 3.45. The third kappa shape index (κ3) is 3.66. The first-order valence-electron chi connectivity index (χ1n) is 10.9. The third-order valence-corrected chi connectivity index (χ3v) is 6.21. The molecule has 1 N–H and O–H groups in total. The van der Waals surface area contributed by atoms with Crippen LogP contribution < -0.4 is 5.56 Å². The fraction of sp³-hybridized carbons (Fsp3) is 0.0769. The maximum atomic E-state index is 13.6. The minimum absolute atomic E-state index is 0.140. The molecule has 0 atom stereocenters. The van der Waals surface area contributed by atoms with E-state index in [-0.39, 0.29) is 12.1 Å². The molecule has 0 amide bonds. The van der Waals surface area contributed by atoms with Crippen molar-refractivity contribution in [3.63, 3.8) is 0 Å². The van der Waals surface area contributed by atoms with Gasteiger partial charge in [-0.25, -0.2) is 9.67 Å². The summed E-state index contributed by atoms with van der Waals surface area (Å²) in [6.45, 7) is 0.789. The second-order valence-corrected chi connectivity index (χ2v) is 8.52. The molecule has 3 aromatic heterocycles. The molecule has 0 aliphatic heterocycles. The number of imidazole rings is 1. The summed E-state index contributed by atoms with van der Waals surface area (Å²) in [6, 6.07) is 25.1. The molecule has 0 spiro atoms. The molecule has 6 aromatic rings. The number of pyridine rings is 1. The second-order valence-electron chi connectivity index (χ2n) is 8.11. The van der Waals surface area contributed by atoms with Crippen LogP contribution in [-0.2, 0) is 13.1 Å². The maximum Gasteiger partial charge on any atom is 0.262 e. The predicted molar refractivity (Wildman–Crippen MR) is 133 cm³/mol. The summed E-state index contributed by atoms with van der Waals surface area (Å²) in [7, 11) is 0. The molecule has 3 heterocycles. The van der Waals surface area contributed by atoms with Crippen LogP contribution in [0.4, 0.5) is 0 Å². The lowest BCUT2D eigenvalue weighted by atomic mass is 10.1. The van der Waals surface area contributed by atoms with Crippen molar-refractivity contribution in [3.05, 3.63) is 112 Å². The second kappa shape index (κ2) is 8.28. The van der Waals surface area contributed by atoms with Crippen molar-refractivity contribution in [2.45, 2.75) is 13.1 Å². The number of para-hydroxylation sites is 3. The van der Waals surface area contributed by atoms with E-state index in [0.717, 1.165) is 27.5 Å². The predicted octanol–water partition coefficient (Wildman–Crippen LogP) is 4.89. The first-order chi connectivity index (χ1) is 16.7. The van der Waals surface area contributed by atoms with Gasteiger partial charge in [-0.15, -0.1) is 5.10 Å². The van der Waals surface area contributed by atoms with Crippen molar-refractivity contribution >= 4 is 33.5 Å². The van der Waals surface area contributed by atoms with E-state index in [1.54, 1.807) is 9.25 Å². The molecule has 6 rings (SSSR count). The maximum absolute atomic E-state index is 13.6. The van der Waals surface area contributed by atoms with Crippen LogP contribution in [0.2, 0.25) is 5.02 Å². The van der Waals surface area contributed by atoms with Gasteiger partial charge in [-0.05, 0) is 41.3 Å². The molecule has 166 valence electrons. The molecule has 0 bridgehead atoms. The Hall–Kier alpha value is -4.23. The standard InChI is InChI=1S/C26H19ClN6O/c27-21-9-3-1-8-18(21)14-32-15-19(30-31-32)16-33-24-12-6-2-7-17(24)13-20(26(33)34)25-28-22-10-4-5-11-23(22)29-25/h1-13,15H,14,16H2,(H,28,29). The van der Waals surface area contributed by atoms with E-state index in [1.165, 1.54) is 0 Å². The van der Waals surface area contributed by atoms with Gasteiger partial charge in [-0.3, -0.25) is 4.79 Å². The van der Waals surface area contributed by atoms with E-state index in [9.17, 15) is 4.79 Å². The quantitative estimate of drug-likeness (QED) is 0.392. The van der Waals surface area contributed by atoms with Crippen LogP contribution in [0.25, 0.3) is 33.3 Å². The van der Waals surface area contributed by atoms with E-state index >= 15 is 0 Å². The van der Waals surface area contributed by atoms with Crippen molar-refractivity contribution in [2.75, 3.05) is 0 Å². The summed E-state index contributed by atoms with van der Waals surface area (Å²) in [5.74, 6) is 0.549. The van der Waals surface area contributed by atoms with Gasteiger partial charge in [0.25, 0.3) is 5.56 Å². The fourth-order valence-corrected chi connectivity index (χ4v) is 4.38. The fourth-order valence-electron chi connectivity index (χ4n) is 4.19. The Morgan fingerprint density at radius 1 is 0.912 bits per heavy atom. The molecule has 0 unspecified atom stereocenters. The smallest absolute Gasteiger partial charge is 0.262 e. The van der Waals surface area contributed by atoms with Crippen molar-refractivity contribution in [1.82, 2.24) is 29.5 Å². The average molecular weight is 467 g/mol. The minimum Gasteiger partial charge on any atom is -0.338 e. The lowest BCUT2D eigenvalue weighted by Gasteiger charge is -2.11. The number of nitrogens with one attached hydrogen (secondary N) is 1. The van der Waals surface area contributed by atoms with Crippen LogP contribution >= 0.6 is 11.6 Å². The lowest BCUT2D eigenvalue weighted by molar-refractivity contribution is 0.648. The Kier molecular flexibility index (Phi) is 4.96. The molecule has 3 aromatic carbocycles. The summed E-state index contributed by atoms with van der Waals surface area (Å²) in [4.78, 5) is 21.6. The highest BCUT2D eigenvalue weighted by Gasteiger charge is 2.16. The number of rotatable bonds is 5. The number of hydrogen-bond donors (Lipinski definition) is 1. The summed E-state index contributed by atoms with van der Waals surface area (Å²) in [5, 5.41) is 10.2. The Balaban J connectivity index is 1.41. The third-order valence-electron chi connectivity index (χ3n) is 5.84. The zero-order valence-electron chi connectivity index (χ0n) is 18.0. The molecular weight excluding hydrogens is 448 g/mol. The minimum atomic E-state index is -0.140. The van der Waals surface area contributed by atoms with Gasteiger partial charge in [0.05, 0.1) is 41.4 Å². The SMILES string of the molecule is O=c1c(-c2nc3ccccc3[nH]2)cc2ccccc2n1Cc1cn(Cc2ccccc2Cl)nn1. The van der Waals surface area contributed by atoms with Gasteiger partial charge in [0, 0.05) is 5.02 Å². The van der Waals surface area contributed by atoms with Crippen molar-refractivity contribution in [2.24, 2.45) is 0 Å². The van der Waals surface area contributed by atoms with Gasteiger partial charge in [-0.2, -0.15) is 0 Å². The van der Waals surface area contributed by atoms with Crippen LogP contribution in [-0.4, -0.2) is 29.5 Å². The molecular formula is C26H19ClN6O.